The summed E-state index contributed by atoms with van der Waals surface area (Å²) in [6.45, 7) is 0. The SMILES string of the molecule is O=C(N[C@H]1CCCC[C@@H]1O)c1ccc(C(F)(F)F)[nH]c1=O. The number of alkyl halides is 3. The van der Waals surface area contributed by atoms with Gasteiger partial charge in [-0.3, -0.25) is 9.59 Å². The molecule has 1 aliphatic carbocycles. The maximum atomic E-state index is 12.4. The quantitative estimate of drug-likeness (QED) is 0.773. The van der Waals surface area contributed by atoms with Crippen LogP contribution >= 0.6 is 0 Å². The van der Waals surface area contributed by atoms with E-state index in [4.69, 9.17) is 0 Å². The van der Waals surface area contributed by atoms with E-state index in [1.807, 2.05) is 0 Å². The summed E-state index contributed by atoms with van der Waals surface area (Å²) in [4.78, 5) is 25.1. The van der Waals surface area contributed by atoms with Crippen LogP contribution in [0.5, 0.6) is 0 Å². The number of amides is 1. The van der Waals surface area contributed by atoms with E-state index in [0.717, 1.165) is 18.9 Å². The summed E-state index contributed by atoms with van der Waals surface area (Å²) in [7, 11) is 0. The summed E-state index contributed by atoms with van der Waals surface area (Å²) in [6.07, 6.45) is -2.55. The van der Waals surface area contributed by atoms with E-state index in [2.05, 4.69) is 5.32 Å². The molecule has 2 atom stereocenters. The van der Waals surface area contributed by atoms with Gasteiger partial charge in [-0.25, -0.2) is 0 Å². The molecule has 3 N–H and O–H groups in total. The number of aliphatic hydroxyl groups excluding tert-OH is 1. The van der Waals surface area contributed by atoms with Crippen LogP contribution in [-0.2, 0) is 6.18 Å². The Kier molecular flexibility index (Phi) is 4.36. The van der Waals surface area contributed by atoms with Gasteiger partial charge in [0.15, 0.2) is 0 Å². The Morgan fingerprint density at radius 1 is 1.29 bits per heavy atom. The van der Waals surface area contributed by atoms with Crippen LogP contribution in [0.1, 0.15) is 41.7 Å². The average molecular weight is 304 g/mol. The van der Waals surface area contributed by atoms with Crippen molar-refractivity contribution in [3.63, 3.8) is 0 Å². The molecule has 0 spiro atoms. The van der Waals surface area contributed by atoms with Crippen LogP contribution in [0.4, 0.5) is 13.2 Å². The van der Waals surface area contributed by atoms with Crippen LogP contribution in [0.3, 0.4) is 0 Å². The average Bonchev–Trinajstić information content (AvgIpc) is 2.40. The molecule has 2 rings (SSSR count). The maximum Gasteiger partial charge on any atom is 0.431 e. The molecule has 0 aliphatic heterocycles. The lowest BCUT2D eigenvalue weighted by Gasteiger charge is -2.28. The summed E-state index contributed by atoms with van der Waals surface area (Å²) in [5, 5.41) is 12.2. The normalized spacial score (nSPS) is 22.9. The molecule has 0 aromatic carbocycles. The molecule has 1 aromatic rings. The van der Waals surface area contributed by atoms with E-state index in [1.54, 1.807) is 4.98 Å². The van der Waals surface area contributed by atoms with Gasteiger partial charge in [0.25, 0.3) is 11.5 Å². The van der Waals surface area contributed by atoms with Gasteiger partial charge in [0.2, 0.25) is 0 Å². The number of nitrogens with one attached hydrogen (secondary N) is 2. The predicted octanol–water partition coefficient (Wildman–Crippen LogP) is 1.43. The molecule has 1 heterocycles. The highest BCUT2D eigenvalue weighted by atomic mass is 19.4. The van der Waals surface area contributed by atoms with Gasteiger partial charge in [-0.05, 0) is 25.0 Å². The maximum absolute atomic E-state index is 12.4. The number of aromatic nitrogens is 1. The summed E-state index contributed by atoms with van der Waals surface area (Å²) in [6, 6.07) is 1.01. The van der Waals surface area contributed by atoms with Crippen LogP contribution in [0.15, 0.2) is 16.9 Å². The molecule has 0 radical (unpaired) electrons. The molecule has 1 saturated carbocycles. The number of pyridine rings is 1. The zero-order chi connectivity index (χ0) is 15.6. The van der Waals surface area contributed by atoms with E-state index in [0.29, 0.717) is 18.9 Å². The van der Waals surface area contributed by atoms with Crippen molar-refractivity contribution in [2.24, 2.45) is 0 Å². The van der Waals surface area contributed by atoms with Gasteiger partial charge in [-0.15, -0.1) is 0 Å². The smallest absolute Gasteiger partial charge is 0.391 e. The first-order chi connectivity index (χ1) is 9.79. The molecule has 1 aromatic heterocycles. The lowest BCUT2D eigenvalue weighted by atomic mass is 9.92. The van der Waals surface area contributed by atoms with Crippen molar-refractivity contribution in [2.45, 2.75) is 44.0 Å². The molecule has 5 nitrogen and oxygen atoms in total. The second-order valence-corrected chi connectivity index (χ2v) is 5.04. The number of rotatable bonds is 2. The third kappa shape index (κ3) is 3.63. The largest absolute Gasteiger partial charge is 0.431 e. The number of carbonyl (C=O) groups excluding carboxylic acids is 1. The van der Waals surface area contributed by atoms with Crippen molar-refractivity contribution in [2.75, 3.05) is 0 Å². The zero-order valence-electron chi connectivity index (χ0n) is 11.0. The number of halogens is 3. The summed E-state index contributed by atoms with van der Waals surface area (Å²) >= 11 is 0. The Bertz CT molecular complexity index is 583. The standard InChI is InChI=1S/C13H15F3N2O3/c14-13(15,16)10-6-5-7(12(21)18-10)11(20)17-8-3-1-2-4-9(8)19/h5-6,8-9,19H,1-4H2,(H,17,20)(H,18,21)/t8-,9-/m0/s1. The highest BCUT2D eigenvalue weighted by molar-refractivity contribution is 5.94. The number of hydrogen-bond acceptors (Lipinski definition) is 3. The second-order valence-electron chi connectivity index (χ2n) is 5.04. The van der Waals surface area contributed by atoms with Gasteiger partial charge in [0.05, 0.1) is 12.1 Å². The van der Waals surface area contributed by atoms with E-state index in [-0.39, 0.29) is 0 Å². The number of H-pyrrole nitrogens is 1. The molecule has 21 heavy (non-hydrogen) atoms. The van der Waals surface area contributed by atoms with Crippen molar-refractivity contribution in [1.82, 2.24) is 10.3 Å². The summed E-state index contributed by atoms with van der Waals surface area (Å²) in [5.74, 6) is -0.782. The Hall–Kier alpha value is -1.83. The minimum atomic E-state index is -4.67. The summed E-state index contributed by atoms with van der Waals surface area (Å²) < 4.78 is 37.3. The predicted molar refractivity (Wildman–Crippen MR) is 67.8 cm³/mol. The van der Waals surface area contributed by atoms with Gasteiger partial charge in [-0.2, -0.15) is 13.2 Å². The molecular weight excluding hydrogens is 289 g/mol. The number of aromatic amines is 1. The number of aliphatic hydroxyl groups is 1. The molecule has 8 heteroatoms. The van der Waals surface area contributed by atoms with E-state index in [9.17, 15) is 27.9 Å². The molecule has 1 fully saturated rings. The van der Waals surface area contributed by atoms with Gasteiger partial charge in [0.1, 0.15) is 11.3 Å². The minimum Gasteiger partial charge on any atom is -0.391 e. The molecule has 1 aliphatic rings. The van der Waals surface area contributed by atoms with Crippen molar-refractivity contribution in [3.8, 4) is 0 Å². The number of hydrogen-bond donors (Lipinski definition) is 3. The van der Waals surface area contributed by atoms with Crippen molar-refractivity contribution >= 4 is 5.91 Å². The van der Waals surface area contributed by atoms with Crippen molar-refractivity contribution < 1.29 is 23.1 Å². The Balaban J connectivity index is 2.14. The first-order valence-electron chi connectivity index (χ1n) is 6.58. The molecular formula is C13H15F3N2O3. The Labute approximate surface area is 118 Å². The van der Waals surface area contributed by atoms with E-state index in [1.165, 1.54) is 0 Å². The highest BCUT2D eigenvalue weighted by Crippen LogP contribution is 2.26. The van der Waals surface area contributed by atoms with Crippen LogP contribution < -0.4 is 10.9 Å². The van der Waals surface area contributed by atoms with Crippen LogP contribution in [0, 0.1) is 0 Å². The monoisotopic (exact) mass is 304 g/mol. The third-order valence-electron chi connectivity index (χ3n) is 3.51. The first-order valence-corrected chi connectivity index (χ1v) is 6.58. The van der Waals surface area contributed by atoms with E-state index < -0.39 is 41.0 Å². The summed E-state index contributed by atoms with van der Waals surface area (Å²) in [5.41, 5.74) is -2.71. The van der Waals surface area contributed by atoms with Crippen LogP contribution in [0.2, 0.25) is 0 Å². The van der Waals surface area contributed by atoms with Crippen molar-refractivity contribution in [1.29, 1.82) is 0 Å². The van der Waals surface area contributed by atoms with E-state index >= 15 is 0 Å². The third-order valence-corrected chi connectivity index (χ3v) is 3.51. The molecule has 0 unspecified atom stereocenters. The molecule has 0 saturated heterocycles. The number of carbonyl (C=O) groups is 1. The fourth-order valence-corrected chi connectivity index (χ4v) is 2.34. The van der Waals surface area contributed by atoms with Gasteiger partial charge in [-0.1, -0.05) is 12.8 Å². The van der Waals surface area contributed by atoms with Gasteiger partial charge >= 0.3 is 6.18 Å². The fraction of sp³-hybridized carbons (Fsp3) is 0.538. The highest BCUT2D eigenvalue weighted by Gasteiger charge is 2.32. The molecule has 0 bridgehead atoms. The van der Waals surface area contributed by atoms with Gasteiger partial charge < -0.3 is 15.4 Å². The first kappa shape index (κ1) is 15.6. The Morgan fingerprint density at radius 3 is 2.52 bits per heavy atom. The molecule has 116 valence electrons. The van der Waals surface area contributed by atoms with Crippen LogP contribution in [-0.4, -0.2) is 28.1 Å². The lowest BCUT2D eigenvalue weighted by molar-refractivity contribution is -0.141. The fourth-order valence-electron chi connectivity index (χ4n) is 2.34. The van der Waals surface area contributed by atoms with Crippen LogP contribution in [0.25, 0.3) is 0 Å². The zero-order valence-corrected chi connectivity index (χ0v) is 11.0. The lowest BCUT2D eigenvalue weighted by Crippen LogP contribution is -2.46. The molecule has 1 amide bonds. The topological polar surface area (TPSA) is 82.2 Å². The minimum absolute atomic E-state index is 0.402. The second kappa shape index (κ2) is 5.88. The van der Waals surface area contributed by atoms with Crippen molar-refractivity contribution in [3.05, 3.63) is 33.7 Å². The van der Waals surface area contributed by atoms with Gasteiger partial charge in [0, 0.05) is 0 Å². The Morgan fingerprint density at radius 2 is 1.95 bits per heavy atom.